The minimum Gasteiger partial charge on any atom is -0.372 e. The highest BCUT2D eigenvalue weighted by atomic mass is 32.1. The number of benzene rings is 1. The van der Waals surface area contributed by atoms with Gasteiger partial charge in [-0.2, -0.15) is 13.2 Å². The average Bonchev–Trinajstić information content (AvgIpc) is 3.07. The lowest BCUT2D eigenvalue weighted by Gasteiger charge is -2.36. The second-order valence-corrected chi connectivity index (χ2v) is 8.27. The summed E-state index contributed by atoms with van der Waals surface area (Å²) in [5, 5.41) is 3.76. The number of alkyl halides is 3. The number of halogens is 3. The lowest BCUT2D eigenvalue weighted by molar-refractivity contribution is -0.137. The van der Waals surface area contributed by atoms with E-state index in [1.165, 1.54) is 17.4 Å². The lowest BCUT2D eigenvalue weighted by atomic mass is 10.2. The topological polar surface area (TPSA) is 50.3 Å². The first-order valence-corrected chi connectivity index (χ1v) is 10.2. The molecule has 4 rings (SSSR count). The number of rotatable bonds is 4. The van der Waals surface area contributed by atoms with Gasteiger partial charge in [0.05, 0.1) is 28.0 Å². The molecule has 2 atom stereocenters. The third-order valence-corrected chi connectivity index (χ3v) is 5.71. The minimum absolute atomic E-state index is 0.166. The van der Waals surface area contributed by atoms with Gasteiger partial charge in [0.2, 0.25) is 0 Å². The van der Waals surface area contributed by atoms with E-state index in [0.717, 1.165) is 36.6 Å². The molecule has 0 amide bonds. The molecule has 9 heteroatoms. The lowest BCUT2D eigenvalue weighted by Crippen LogP contribution is -2.45. The highest BCUT2D eigenvalue weighted by molar-refractivity contribution is 7.22. The van der Waals surface area contributed by atoms with E-state index in [4.69, 9.17) is 4.74 Å². The van der Waals surface area contributed by atoms with Crippen molar-refractivity contribution in [2.75, 3.05) is 23.3 Å². The molecule has 2 aromatic heterocycles. The summed E-state index contributed by atoms with van der Waals surface area (Å²) < 4.78 is 45.0. The van der Waals surface area contributed by atoms with Crippen molar-refractivity contribution in [2.24, 2.45) is 0 Å². The van der Waals surface area contributed by atoms with Crippen LogP contribution in [-0.2, 0) is 17.5 Å². The number of morpholine rings is 1. The van der Waals surface area contributed by atoms with Crippen LogP contribution in [0.4, 0.5) is 24.1 Å². The molecular formula is C20H21F3N4OS. The van der Waals surface area contributed by atoms with Crippen molar-refractivity contribution in [3.8, 4) is 0 Å². The van der Waals surface area contributed by atoms with E-state index in [9.17, 15) is 13.2 Å². The van der Waals surface area contributed by atoms with Crippen LogP contribution in [0.25, 0.3) is 10.2 Å². The molecule has 154 valence electrons. The number of fused-ring (bicyclic) bond motifs is 1. The van der Waals surface area contributed by atoms with Gasteiger partial charge in [-0.15, -0.1) is 0 Å². The molecule has 0 spiro atoms. The highest BCUT2D eigenvalue weighted by Crippen LogP contribution is 2.34. The van der Waals surface area contributed by atoms with Crippen LogP contribution in [0.2, 0.25) is 0 Å². The van der Waals surface area contributed by atoms with Gasteiger partial charge in [-0.05, 0) is 43.7 Å². The normalized spacial score (nSPS) is 20.2. The predicted octanol–water partition coefficient (Wildman–Crippen LogP) is 4.94. The summed E-state index contributed by atoms with van der Waals surface area (Å²) in [5.41, 5.74) is 0.628. The highest BCUT2D eigenvalue weighted by Gasteiger charge is 2.30. The summed E-state index contributed by atoms with van der Waals surface area (Å²) in [4.78, 5) is 11.0. The molecular weight excluding hydrogens is 401 g/mol. The number of aromatic nitrogens is 2. The average molecular weight is 422 g/mol. The number of hydrogen-bond donors (Lipinski definition) is 1. The summed E-state index contributed by atoms with van der Waals surface area (Å²) >= 11 is 1.33. The zero-order valence-corrected chi connectivity index (χ0v) is 16.8. The van der Waals surface area contributed by atoms with Gasteiger partial charge in [0.1, 0.15) is 5.82 Å². The standard InChI is InChI=1S/C20H21F3N4OS/c1-12-10-27(11-13(2)28-12)18-6-3-14(8-24-18)9-25-19-26-16-7-15(20(21,22)23)4-5-17(16)29-19/h3-8,12-13H,9-11H2,1-2H3,(H,25,26)/t12-,13-/m0/s1. The molecule has 0 bridgehead atoms. The van der Waals surface area contributed by atoms with Crippen LogP contribution in [0.5, 0.6) is 0 Å². The number of anilines is 2. The first-order valence-electron chi connectivity index (χ1n) is 9.35. The Morgan fingerprint density at radius 3 is 2.59 bits per heavy atom. The second-order valence-electron chi connectivity index (χ2n) is 7.24. The van der Waals surface area contributed by atoms with Crippen molar-refractivity contribution < 1.29 is 17.9 Å². The molecule has 0 saturated carbocycles. The summed E-state index contributed by atoms with van der Waals surface area (Å²) in [6, 6.07) is 7.60. The Morgan fingerprint density at radius 1 is 1.17 bits per heavy atom. The van der Waals surface area contributed by atoms with E-state index in [1.54, 1.807) is 0 Å². The molecule has 0 radical (unpaired) electrons. The van der Waals surface area contributed by atoms with E-state index in [1.807, 2.05) is 18.3 Å². The molecule has 3 aromatic rings. The van der Waals surface area contributed by atoms with Crippen molar-refractivity contribution in [1.29, 1.82) is 0 Å². The number of thiazole rings is 1. The SMILES string of the molecule is C[C@H]1CN(c2ccc(CNc3nc4cc(C(F)(F)F)ccc4s3)cn2)C[C@H](C)O1. The first-order chi connectivity index (χ1) is 13.8. The Hall–Kier alpha value is -2.39. The molecule has 0 unspecified atom stereocenters. The molecule has 29 heavy (non-hydrogen) atoms. The molecule has 5 nitrogen and oxygen atoms in total. The molecule has 1 saturated heterocycles. The van der Waals surface area contributed by atoms with Crippen LogP contribution in [0, 0.1) is 0 Å². The summed E-state index contributed by atoms with van der Waals surface area (Å²) in [5.74, 6) is 0.912. The Bertz CT molecular complexity index is 980. The van der Waals surface area contributed by atoms with E-state index >= 15 is 0 Å². The maximum absolute atomic E-state index is 12.8. The fourth-order valence-corrected chi connectivity index (χ4v) is 4.27. The van der Waals surface area contributed by atoms with Gasteiger partial charge in [0, 0.05) is 25.8 Å². The maximum Gasteiger partial charge on any atom is 0.416 e. The molecule has 1 aliphatic heterocycles. The van der Waals surface area contributed by atoms with E-state index in [-0.39, 0.29) is 12.2 Å². The van der Waals surface area contributed by atoms with E-state index in [0.29, 0.717) is 21.9 Å². The van der Waals surface area contributed by atoms with Crippen molar-refractivity contribution in [2.45, 2.75) is 38.8 Å². The molecule has 0 aliphatic carbocycles. The molecule has 1 aromatic carbocycles. The van der Waals surface area contributed by atoms with Crippen LogP contribution in [0.3, 0.4) is 0 Å². The van der Waals surface area contributed by atoms with Crippen LogP contribution >= 0.6 is 11.3 Å². The monoisotopic (exact) mass is 422 g/mol. The fourth-order valence-electron chi connectivity index (χ4n) is 3.43. The van der Waals surface area contributed by atoms with Gasteiger partial charge in [-0.1, -0.05) is 17.4 Å². The van der Waals surface area contributed by atoms with Crippen LogP contribution in [0.1, 0.15) is 25.0 Å². The fraction of sp³-hybridized carbons (Fsp3) is 0.400. The number of pyridine rings is 1. The smallest absolute Gasteiger partial charge is 0.372 e. The van der Waals surface area contributed by atoms with Gasteiger partial charge in [0.15, 0.2) is 5.13 Å². The number of nitrogens with one attached hydrogen (secondary N) is 1. The largest absolute Gasteiger partial charge is 0.416 e. The van der Waals surface area contributed by atoms with E-state index < -0.39 is 11.7 Å². The third kappa shape index (κ3) is 4.62. The minimum atomic E-state index is -4.37. The van der Waals surface area contributed by atoms with Crippen molar-refractivity contribution in [3.63, 3.8) is 0 Å². The summed E-state index contributed by atoms with van der Waals surface area (Å²) in [6.07, 6.45) is -2.23. The molecule has 1 aliphatic rings. The third-order valence-electron chi connectivity index (χ3n) is 4.71. The van der Waals surface area contributed by atoms with Crippen molar-refractivity contribution in [3.05, 3.63) is 47.7 Å². The Morgan fingerprint density at radius 2 is 1.93 bits per heavy atom. The number of nitrogens with zero attached hydrogens (tertiary/aromatic N) is 3. The Balaban J connectivity index is 1.41. The molecule has 1 fully saturated rings. The predicted molar refractivity (Wildman–Crippen MR) is 108 cm³/mol. The maximum atomic E-state index is 12.8. The molecule has 1 N–H and O–H groups in total. The number of ether oxygens (including phenoxy) is 1. The van der Waals surface area contributed by atoms with Crippen molar-refractivity contribution >= 4 is 32.5 Å². The van der Waals surface area contributed by atoms with Crippen molar-refractivity contribution in [1.82, 2.24) is 9.97 Å². The van der Waals surface area contributed by atoms with Gasteiger partial charge in [-0.3, -0.25) is 0 Å². The second kappa shape index (κ2) is 7.79. The van der Waals surface area contributed by atoms with Crippen LogP contribution in [0.15, 0.2) is 36.5 Å². The van der Waals surface area contributed by atoms with Gasteiger partial charge in [-0.25, -0.2) is 9.97 Å². The van der Waals surface area contributed by atoms with Gasteiger partial charge >= 0.3 is 6.18 Å². The van der Waals surface area contributed by atoms with Crippen LogP contribution < -0.4 is 10.2 Å². The zero-order chi connectivity index (χ0) is 20.6. The van der Waals surface area contributed by atoms with Gasteiger partial charge in [0.25, 0.3) is 0 Å². The quantitative estimate of drug-likeness (QED) is 0.646. The summed E-state index contributed by atoms with van der Waals surface area (Å²) in [6.45, 7) is 6.21. The Kier molecular flexibility index (Phi) is 5.35. The molecule has 3 heterocycles. The number of hydrogen-bond acceptors (Lipinski definition) is 6. The van der Waals surface area contributed by atoms with Crippen LogP contribution in [-0.4, -0.2) is 35.3 Å². The zero-order valence-electron chi connectivity index (χ0n) is 16.0. The van der Waals surface area contributed by atoms with E-state index in [2.05, 4.69) is 34.0 Å². The Labute approximate surface area is 170 Å². The van der Waals surface area contributed by atoms with Gasteiger partial charge < -0.3 is 15.0 Å². The summed E-state index contributed by atoms with van der Waals surface area (Å²) in [7, 11) is 0. The first kappa shape index (κ1) is 19.9.